The highest BCUT2D eigenvalue weighted by Crippen LogP contribution is 2.26. The fraction of sp³-hybridized carbons (Fsp3) is 0.421. The van der Waals surface area contributed by atoms with Crippen LogP contribution in [0.15, 0.2) is 42.9 Å². The average Bonchev–Trinajstić information content (AvgIpc) is 2.67. The number of carbonyl (C=O) groups is 1. The maximum Gasteiger partial charge on any atom is 0.253 e. The van der Waals surface area contributed by atoms with Crippen molar-refractivity contribution >= 4 is 11.6 Å². The molecule has 1 amide bonds. The van der Waals surface area contributed by atoms with Crippen LogP contribution in [0.2, 0.25) is 0 Å². The van der Waals surface area contributed by atoms with Gasteiger partial charge in [0.05, 0.1) is 29.7 Å². The van der Waals surface area contributed by atoms with E-state index in [2.05, 4.69) is 27.1 Å². The first-order valence-electron chi connectivity index (χ1n) is 8.67. The fourth-order valence-corrected chi connectivity index (χ4v) is 3.25. The third kappa shape index (κ3) is 3.91. The van der Waals surface area contributed by atoms with E-state index in [-0.39, 0.29) is 5.91 Å². The number of amides is 1. The Bertz CT molecular complexity index is 674. The molecule has 1 aliphatic rings. The highest BCUT2D eigenvalue weighted by Gasteiger charge is 2.22. The van der Waals surface area contributed by atoms with E-state index in [9.17, 15) is 4.79 Å². The maximum absolute atomic E-state index is 12.4. The number of carbonyl (C=O) groups excluding carboxylic acids is 1. The van der Waals surface area contributed by atoms with Gasteiger partial charge in [0.15, 0.2) is 0 Å². The van der Waals surface area contributed by atoms with Crippen LogP contribution in [0.3, 0.4) is 0 Å². The first-order valence-corrected chi connectivity index (χ1v) is 8.67. The van der Waals surface area contributed by atoms with Crippen molar-refractivity contribution in [3.63, 3.8) is 0 Å². The molecule has 1 unspecified atom stereocenters. The van der Waals surface area contributed by atoms with Crippen molar-refractivity contribution in [3.05, 3.63) is 54.1 Å². The van der Waals surface area contributed by atoms with E-state index in [1.165, 1.54) is 19.3 Å². The molecule has 126 valence electrons. The van der Waals surface area contributed by atoms with Crippen molar-refractivity contribution in [2.45, 2.75) is 45.2 Å². The Morgan fingerprint density at radius 3 is 3.04 bits per heavy atom. The molecule has 5 nitrogen and oxygen atoms in total. The molecule has 5 heteroatoms. The summed E-state index contributed by atoms with van der Waals surface area (Å²) in [6.07, 6.45) is 10.0. The molecule has 3 rings (SSSR count). The number of hydrogen-bond acceptors (Lipinski definition) is 4. The van der Waals surface area contributed by atoms with Gasteiger partial charge in [0, 0.05) is 25.0 Å². The van der Waals surface area contributed by atoms with Crippen LogP contribution in [-0.4, -0.2) is 28.5 Å². The van der Waals surface area contributed by atoms with Gasteiger partial charge in [-0.1, -0.05) is 13.0 Å². The van der Waals surface area contributed by atoms with Gasteiger partial charge in [-0.05, 0) is 43.9 Å². The Hall–Kier alpha value is -2.43. The summed E-state index contributed by atoms with van der Waals surface area (Å²) < 4.78 is 0. The molecular formula is C19H24N4O. The summed E-state index contributed by atoms with van der Waals surface area (Å²) in [4.78, 5) is 23.3. The number of pyridine rings is 2. The molecule has 0 aliphatic carbocycles. The maximum atomic E-state index is 12.4. The van der Waals surface area contributed by atoms with Crippen LogP contribution in [0.25, 0.3) is 0 Å². The third-order valence-electron chi connectivity index (χ3n) is 4.57. The van der Waals surface area contributed by atoms with E-state index >= 15 is 0 Å². The third-order valence-corrected chi connectivity index (χ3v) is 4.57. The van der Waals surface area contributed by atoms with Gasteiger partial charge in [0.1, 0.15) is 0 Å². The Labute approximate surface area is 143 Å². The van der Waals surface area contributed by atoms with Crippen molar-refractivity contribution in [2.24, 2.45) is 0 Å². The molecule has 1 atom stereocenters. The lowest BCUT2D eigenvalue weighted by atomic mass is 9.99. The summed E-state index contributed by atoms with van der Waals surface area (Å²) in [6, 6.07) is 8.18. The standard InChI is InChI=1S/C19H24N4O/c1-2-17-8-4-6-10-23(17)18-11-15(12-20-14-18)19(24)22-13-16-7-3-5-9-21-16/h3,5,7,9,11-12,14,17H,2,4,6,8,10,13H2,1H3,(H,22,24). The molecule has 1 N–H and O–H groups in total. The van der Waals surface area contributed by atoms with Crippen molar-refractivity contribution in [1.29, 1.82) is 0 Å². The molecule has 1 fully saturated rings. The monoisotopic (exact) mass is 324 g/mol. The second-order valence-electron chi connectivity index (χ2n) is 6.19. The van der Waals surface area contributed by atoms with Crippen molar-refractivity contribution in [3.8, 4) is 0 Å². The van der Waals surface area contributed by atoms with Gasteiger partial charge in [-0.2, -0.15) is 0 Å². The number of nitrogens with one attached hydrogen (secondary N) is 1. The van der Waals surface area contributed by atoms with Crippen LogP contribution in [-0.2, 0) is 6.54 Å². The molecule has 24 heavy (non-hydrogen) atoms. The minimum Gasteiger partial charge on any atom is -0.367 e. The van der Waals surface area contributed by atoms with Gasteiger partial charge in [0.25, 0.3) is 5.91 Å². The Kier molecular flexibility index (Phi) is 5.41. The van der Waals surface area contributed by atoms with Crippen LogP contribution in [0.1, 0.15) is 48.7 Å². The lowest BCUT2D eigenvalue weighted by Gasteiger charge is -2.37. The van der Waals surface area contributed by atoms with E-state index in [0.29, 0.717) is 18.2 Å². The minimum atomic E-state index is -0.111. The number of nitrogens with zero attached hydrogens (tertiary/aromatic N) is 3. The van der Waals surface area contributed by atoms with E-state index in [1.807, 2.05) is 30.5 Å². The number of piperidine rings is 1. The SMILES string of the molecule is CCC1CCCCN1c1cncc(C(=O)NCc2ccccn2)c1. The number of aromatic nitrogens is 2. The van der Waals surface area contributed by atoms with Crippen LogP contribution in [0.5, 0.6) is 0 Å². The largest absolute Gasteiger partial charge is 0.367 e. The summed E-state index contributed by atoms with van der Waals surface area (Å²) in [7, 11) is 0. The van der Waals surface area contributed by atoms with Crippen molar-refractivity contribution in [1.82, 2.24) is 15.3 Å². The van der Waals surface area contributed by atoms with Crippen LogP contribution >= 0.6 is 0 Å². The highest BCUT2D eigenvalue weighted by atomic mass is 16.1. The summed E-state index contributed by atoms with van der Waals surface area (Å²) in [5.74, 6) is -0.111. The molecule has 0 bridgehead atoms. The molecule has 2 aromatic heterocycles. The number of anilines is 1. The second-order valence-corrected chi connectivity index (χ2v) is 6.19. The van der Waals surface area contributed by atoms with E-state index in [4.69, 9.17) is 0 Å². The minimum absolute atomic E-state index is 0.111. The van der Waals surface area contributed by atoms with Gasteiger partial charge >= 0.3 is 0 Å². The first kappa shape index (κ1) is 16.4. The number of hydrogen-bond donors (Lipinski definition) is 1. The van der Waals surface area contributed by atoms with Gasteiger partial charge in [-0.3, -0.25) is 14.8 Å². The topological polar surface area (TPSA) is 58.1 Å². The normalized spacial score (nSPS) is 17.5. The molecule has 1 aliphatic heterocycles. The van der Waals surface area contributed by atoms with E-state index < -0.39 is 0 Å². The fourth-order valence-electron chi connectivity index (χ4n) is 3.25. The summed E-state index contributed by atoms with van der Waals surface area (Å²) >= 11 is 0. The number of rotatable bonds is 5. The Balaban J connectivity index is 1.69. The molecule has 0 aromatic carbocycles. The van der Waals surface area contributed by atoms with Crippen LogP contribution in [0.4, 0.5) is 5.69 Å². The summed E-state index contributed by atoms with van der Waals surface area (Å²) in [5, 5.41) is 2.91. The van der Waals surface area contributed by atoms with Gasteiger partial charge in [-0.15, -0.1) is 0 Å². The summed E-state index contributed by atoms with van der Waals surface area (Å²) in [6.45, 7) is 3.68. The Morgan fingerprint density at radius 1 is 1.33 bits per heavy atom. The van der Waals surface area contributed by atoms with Gasteiger partial charge in [-0.25, -0.2) is 0 Å². The zero-order valence-electron chi connectivity index (χ0n) is 14.1. The molecule has 3 heterocycles. The first-order chi connectivity index (χ1) is 11.8. The van der Waals surface area contributed by atoms with Gasteiger partial charge in [0.2, 0.25) is 0 Å². The van der Waals surface area contributed by atoms with E-state index in [0.717, 1.165) is 24.3 Å². The molecule has 0 radical (unpaired) electrons. The molecule has 1 saturated heterocycles. The zero-order chi connectivity index (χ0) is 16.8. The van der Waals surface area contributed by atoms with Crippen molar-refractivity contribution < 1.29 is 4.79 Å². The highest BCUT2D eigenvalue weighted by molar-refractivity contribution is 5.94. The predicted octanol–water partition coefficient (Wildman–Crippen LogP) is 3.18. The second kappa shape index (κ2) is 7.90. The lowest BCUT2D eigenvalue weighted by molar-refractivity contribution is 0.0950. The molecule has 0 spiro atoms. The molecule has 2 aromatic rings. The molecular weight excluding hydrogens is 300 g/mol. The van der Waals surface area contributed by atoms with Crippen LogP contribution < -0.4 is 10.2 Å². The lowest BCUT2D eigenvalue weighted by Crippen LogP contribution is -2.39. The Morgan fingerprint density at radius 2 is 2.25 bits per heavy atom. The van der Waals surface area contributed by atoms with E-state index in [1.54, 1.807) is 12.4 Å². The predicted molar refractivity (Wildman–Crippen MR) is 94.9 cm³/mol. The average molecular weight is 324 g/mol. The van der Waals surface area contributed by atoms with Crippen molar-refractivity contribution in [2.75, 3.05) is 11.4 Å². The molecule has 0 saturated carbocycles. The smallest absolute Gasteiger partial charge is 0.253 e. The quantitative estimate of drug-likeness (QED) is 0.918. The summed E-state index contributed by atoms with van der Waals surface area (Å²) in [5.41, 5.74) is 2.49. The van der Waals surface area contributed by atoms with Crippen LogP contribution in [0, 0.1) is 0 Å². The van der Waals surface area contributed by atoms with Gasteiger partial charge < -0.3 is 10.2 Å². The zero-order valence-corrected chi connectivity index (χ0v) is 14.1.